The van der Waals surface area contributed by atoms with Gasteiger partial charge in [-0.05, 0) is 18.6 Å². The van der Waals surface area contributed by atoms with E-state index in [1.165, 1.54) is 6.20 Å². The molecule has 2 heterocycles. The number of hydrogen-bond donors (Lipinski definition) is 1. The zero-order valence-electron chi connectivity index (χ0n) is 12.0. The van der Waals surface area contributed by atoms with Crippen LogP contribution < -0.4 is 10.2 Å². The number of nitrogens with zero attached hydrogens (tertiary/aromatic N) is 2. The lowest BCUT2D eigenvalue weighted by molar-refractivity contribution is -0.344. The number of nitrogens with one attached hydrogen (secondary N) is 1. The molecule has 1 fully saturated rings. The largest absolute Gasteiger partial charge is 0.460 e. The average molecular weight is 359 g/mol. The van der Waals surface area contributed by atoms with Gasteiger partial charge in [-0.15, -0.1) is 0 Å². The van der Waals surface area contributed by atoms with Crippen LogP contribution >= 0.6 is 0 Å². The first-order valence-electron chi connectivity index (χ1n) is 6.76. The molecule has 1 saturated heterocycles. The van der Waals surface area contributed by atoms with Gasteiger partial charge in [0, 0.05) is 25.3 Å². The Morgan fingerprint density at radius 2 is 1.83 bits per heavy atom. The third-order valence-corrected chi connectivity index (χ3v) is 3.53. The molecule has 4 nitrogen and oxygen atoms in total. The van der Waals surface area contributed by atoms with Crippen LogP contribution in [-0.2, 0) is 4.79 Å². The molecule has 1 aromatic rings. The van der Waals surface area contributed by atoms with Crippen LogP contribution in [0.25, 0.3) is 0 Å². The standard InChI is InChI=1S/C13H12F7N3O/c14-11(15,12(16,17)13(18,19)20)10(24)22-8-4-6-23(7-8)9-3-1-2-5-21-9/h1-3,5,8H,4,6-7H2,(H,22,24). The minimum atomic E-state index is -6.54. The molecular weight excluding hydrogens is 347 g/mol. The maximum Gasteiger partial charge on any atom is 0.460 e. The molecule has 0 bridgehead atoms. The van der Waals surface area contributed by atoms with E-state index in [4.69, 9.17) is 0 Å². The summed E-state index contributed by atoms with van der Waals surface area (Å²) >= 11 is 0. The molecule has 0 aliphatic carbocycles. The van der Waals surface area contributed by atoms with Crippen LogP contribution in [0.15, 0.2) is 24.4 Å². The third kappa shape index (κ3) is 3.24. The molecule has 0 spiro atoms. The summed E-state index contributed by atoms with van der Waals surface area (Å²) in [5, 5.41) is 1.56. The first-order valence-corrected chi connectivity index (χ1v) is 6.76. The van der Waals surface area contributed by atoms with Crippen molar-refractivity contribution in [3.63, 3.8) is 0 Å². The molecule has 1 N–H and O–H groups in total. The molecule has 1 amide bonds. The number of halogens is 7. The van der Waals surface area contributed by atoms with Gasteiger partial charge in [-0.2, -0.15) is 30.7 Å². The van der Waals surface area contributed by atoms with E-state index in [1.54, 1.807) is 28.4 Å². The van der Waals surface area contributed by atoms with Gasteiger partial charge in [0.2, 0.25) is 0 Å². The predicted octanol–water partition coefficient (Wildman–Crippen LogP) is 2.61. The highest BCUT2D eigenvalue weighted by Crippen LogP contribution is 2.46. The second kappa shape index (κ2) is 6.10. The minimum Gasteiger partial charge on any atom is -0.354 e. The van der Waals surface area contributed by atoms with Crippen molar-refractivity contribution in [3.05, 3.63) is 24.4 Å². The van der Waals surface area contributed by atoms with E-state index in [-0.39, 0.29) is 19.5 Å². The normalized spacial score (nSPS) is 19.5. The Morgan fingerprint density at radius 3 is 2.38 bits per heavy atom. The van der Waals surface area contributed by atoms with Gasteiger partial charge in [0.15, 0.2) is 0 Å². The van der Waals surface area contributed by atoms with Gasteiger partial charge in [0.1, 0.15) is 5.82 Å². The second-order valence-corrected chi connectivity index (χ2v) is 5.24. The molecule has 134 valence electrons. The molecule has 1 aliphatic heterocycles. The number of aromatic nitrogens is 1. The molecule has 11 heteroatoms. The zero-order valence-corrected chi connectivity index (χ0v) is 12.0. The number of rotatable bonds is 4. The molecule has 2 rings (SSSR count). The fraction of sp³-hybridized carbons (Fsp3) is 0.538. The van der Waals surface area contributed by atoms with E-state index in [0.717, 1.165) is 0 Å². The van der Waals surface area contributed by atoms with Gasteiger partial charge in [-0.25, -0.2) is 4.98 Å². The predicted molar refractivity (Wildman–Crippen MR) is 68.9 cm³/mol. The van der Waals surface area contributed by atoms with Gasteiger partial charge < -0.3 is 10.2 Å². The van der Waals surface area contributed by atoms with Gasteiger partial charge >= 0.3 is 18.0 Å². The van der Waals surface area contributed by atoms with Crippen LogP contribution in [0, 0.1) is 0 Å². The maximum absolute atomic E-state index is 13.3. The summed E-state index contributed by atoms with van der Waals surface area (Å²) in [7, 11) is 0. The smallest absolute Gasteiger partial charge is 0.354 e. The van der Waals surface area contributed by atoms with Crippen LogP contribution in [0.1, 0.15) is 6.42 Å². The van der Waals surface area contributed by atoms with Crippen molar-refractivity contribution in [2.75, 3.05) is 18.0 Å². The molecule has 0 radical (unpaired) electrons. The van der Waals surface area contributed by atoms with Crippen molar-refractivity contribution in [2.24, 2.45) is 0 Å². The molecule has 24 heavy (non-hydrogen) atoms. The highest BCUT2D eigenvalue weighted by Gasteiger charge is 2.76. The Labute approximate surface area is 131 Å². The number of carbonyl (C=O) groups excluding carboxylic acids is 1. The van der Waals surface area contributed by atoms with Crippen molar-refractivity contribution in [3.8, 4) is 0 Å². The molecule has 1 aliphatic rings. The van der Waals surface area contributed by atoms with Crippen LogP contribution in [-0.4, -0.2) is 48.0 Å². The summed E-state index contributed by atoms with van der Waals surface area (Å²) in [5.74, 6) is -14.5. The second-order valence-electron chi connectivity index (χ2n) is 5.24. The number of alkyl halides is 7. The number of hydrogen-bond acceptors (Lipinski definition) is 3. The minimum absolute atomic E-state index is 0.0313. The highest BCUT2D eigenvalue weighted by atomic mass is 19.4. The fourth-order valence-corrected chi connectivity index (χ4v) is 2.22. The molecular formula is C13H12F7N3O. The highest BCUT2D eigenvalue weighted by molar-refractivity contribution is 5.85. The quantitative estimate of drug-likeness (QED) is 0.841. The van der Waals surface area contributed by atoms with Crippen molar-refractivity contribution in [1.82, 2.24) is 10.3 Å². The van der Waals surface area contributed by atoms with E-state index >= 15 is 0 Å². The molecule has 1 aromatic heterocycles. The summed E-state index contributed by atoms with van der Waals surface area (Å²) in [6.07, 6.45) is -4.96. The lowest BCUT2D eigenvalue weighted by atomic mass is 10.1. The number of carbonyl (C=O) groups is 1. The number of anilines is 1. The average Bonchev–Trinajstić information content (AvgIpc) is 2.95. The molecule has 1 atom stereocenters. The maximum atomic E-state index is 13.3. The molecule has 0 aromatic carbocycles. The van der Waals surface area contributed by atoms with Gasteiger partial charge in [0.25, 0.3) is 5.91 Å². The number of amides is 1. The van der Waals surface area contributed by atoms with Crippen molar-refractivity contribution in [2.45, 2.75) is 30.5 Å². The first-order chi connectivity index (χ1) is 11.0. The first kappa shape index (κ1) is 18.3. The molecule has 0 saturated carbocycles. The summed E-state index contributed by atoms with van der Waals surface area (Å²) < 4.78 is 88.3. The van der Waals surface area contributed by atoms with Crippen LogP contribution in [0.3, 0.4) is 0 Å². The summed E-state index contributed by atoms with van der Waals surface area (Å²) in [4.78, 5) is 16.9. The van der Waals surface area contributed by atoms with Crippen LogP contribution in [0.4, 0.5) is 36.6 Å². The SMILES string of the molecule is O=C(NC1CCN(c2ccccn2)C1)C(F)(F)C(F)(F)C(F)(F)F. The Bertz CT molecular complexity index is 591. The van der Waals surface area contributed by atoms with Crippen LogP contribution in [0.2, 0.25) is 0 Å². The van der Waals surface area contributed by atoms with Gasteiger partial charge in [-0.3, -0.25) is 4.79 Å². The van der Waals surface area contributed by atoms with Crippen molar-refractivity contribution in [1.29, 1.82) is 0 Å². The van der Waals surface area contributed by atoms with Crippen molar-refractivity contribution < 1.29 is 35.5 Å². The van der Waals surface area contributed by atoms with E-state index in [1.807, 2.05) is 0 Å². The Kier molecular flexibility index (Phi) is 4.64. The summed E-state index contributed by atoms with van der Waals surface area (Å²) in [5.41, 5.74) is 0. The topological polar surface area (TPSA) is 45.2 Å². The lowest BCUT2D eigenvalue weighted by Gasteiger charge is -2.28. The Balaban J connectivity index is 2.03. The number of pyridine rings is 1. The third-order valence-electron chi connectivity index (χ3n) is 3.53. The van der Waals surface area contributed by atoms with E-state index in [2.05, 4.69) is 4.98 Å². The van der Waals surface area contributed by atoms with Gasteiger partial charge in [0.05, 0.1) is 0 Å². The van der Waals surface area contributed by atoms with E-state index < -0.39 is 30.0 Å². The van der Waals surface area contributed by atoms with E-state index in [0.29, 0.717) is 5.82 Å². The monoisotopic (exact) mass is 359 g/mol. The summed E-state index contributed by atoms with van der Waals surface area (Å²) in [6, 6.07) is 3.91. The zero-order chi connectivity index (χ0) is 18.2. The van der Waals surface area contributed by atoms with Gasteiger partial charge in [-0.1, -0.05) is 6.07 Å². The van der Waals surface area contributed by atoms with Crippen molar-refractivity contribution >= 4 is 11.7 Å². The fourth-order valence-electron chi connectivity index (χ4n) is 2.22. The molecule has 1 unspecified atom stereocenters. The summed E-state index contributed by atoms with van der Waals surface area (Å²) in [6.45, 7) is 0.250. The lowest BCUT2D eigenvalue weighted by Crippen LogP contribution is -2.60. The van der Waals surface area contributed by atoms with E-state index in [9.17, 15) is 35.5 Å². The Hall–Kier alpha value is -2.07. The Morgan fingerprint density at radius 1 is 1.17 bits per heavy atom. The van der Waals surface area contributed by atoms with Crippen LogP contribution in [0.5, 0.6) is 0 Å².